The van der Waals surface area contributed by atoms with Crippen LogP contribution in [0.1, 0.15) is 31.1 Å². The molecule has 0 radical (unpaired) electrons. The van der Waals surface area contributed by atoms with Crippen molar-refractivity contribution in [2.24, 2.45) is 0 Å². The van der Waals surface area contributed by atoms with Crippen molar-refractivity contribution in [1.29, 1.82) is 0 Å². The molecule has 1 amide bonds. The Hall–Kier alpha value is -3.25. The molecule has 166 valence electrons. The van der Waals surface area contributed by atoms with E-state index in [2.05, 4.69) is 16.5 Å². The van der Waals surface area contributed by atoms with Crippen LogP contribution in [0.25, 0.3) is 10.9 Å². The maximum atomic E-state index is 12.5. The van der Waals surface area contributed by atoms with Gasteiger partial charge in [0.25, 0.3) is 0 Å². The highest BCUT2D eigenvalue weighted by Crippen LogP contribution is 2.39. The molecule has 0 aliphatic carbocycles. The van der Waals surface area contributed by atoms with Crippen molar-refractivity contribution >= 4 is 28.4 Å². The minimum atomic E-state index is -0.206. The third kappa shape index (κ3) is 4.50. The third-order valence-corrected chi connectivity index (χ3v) is 6.04. The monoisotopic (exact) mass is 450 g/mol. The number of hydrogen-bond donors (Lipinski definition) is 1. The number of halogens is 1. The number of carbonyl (C=O) groups excluding carboxylic acids is 1. The maximum absolute atomic E-state index is 12.5. The summed E-state index contributed by atoms with van der Waals surface area (Å²) in [7, 11) is 0. The third-order valence-electron chi connectivity index (χ3n) is 5.80. The number of H-pyrrole nitrogens is 1. The number of rotatable bonds is 7. The zero-order valence-corrected chi connectivity index (χ0v) is 19.1. The van der Waals surface area contributed by atoms with Crippen LogP contribution >= 0.6 is 11.6 Å². The van der Waals surface area contributed by atoms with Gasteiger partial charge in [0.1, 0.15) is 12.4 Å². The van der Waals surface area contributed by atoms with Gasteiger partial charge < -0.3 is 19.2 Å². The number of allylic oxidation sites excluding steroid dienone is 2. The number of nitrogens with one attached hydrogen (secondary N) is 1. The molecule has 6 nitrogen and oxygen atoms in total. The number of imidazole rings is 1. The van der Waals surface area contributed by atoms with Gasteiger partial charge in [0.05, 0.1) is 18.9 Å². The van der Waals surface area contributed by atoms with Gasteiger partial charge in [-0.15, -0.1) is 0 Å². The zero-order chi connectivity index (χ0) is 22.7. The molecule has 3 heterocycles. The van der Waals surface area contributed by atoms with Crippen LogP contribution in [0.3, 0.4) is 0 Å². The largest absolute Gasteiger partial charge is 0.492 e. The van der Waals surface area contributed by atoms with E-state index in [0.717, 1.165) is 28.6 Å². The van der Waals surface area contributed by atoms with E-state index in [1.165, 1.54) is 5.56 Å². The minimum absolute atomic E-state index is 0.0421. The molecule has 32 heavy (non-hydrogen) atoms. The first-order chi connectivity index (χ1) is 15.5. The van der Waals surface area contributed by atoms with Gasteiger partial charge in [-0.3, -0.25) is 4.79 Å². The fraction of sp³-hybridized carbons (Fsp3) is 0.280. The van der Waals surface area contributed by atoms with Gasteiger partial charge in [0.2, 0.25) is 5.91 Å². The lowest BCUT2D eigenvalue weighted by atomic mass is 9.91. The average Bonchev–Trinajstić information content (AvgIpc) is 3.41. The quantitative estimate of drug-likeness (QED) is 0.397. The minimum Gasteiger partial charge on any atom is -0.492 e. The molecule has 1 N–H and O–H groups in total. The van der Waals surface area contributed by atoms with Crippen LogP contribution in [0.2, 0.25) is 5.02 Å². The zero-order valence-electron chi connectivity index (χ0n) is 18.3. The van der Waals surface area contributed by atoms with Crippen molar-refractivity contribution in [3.05, 3.63) is 89.3 Å². The first-order valence-electron chi connectivity index (χ1n) is 10.7. The molecule has 7 heteroatoms. The molecule has 0 spiro atoms. The highest BCUT2D eigenvalue weighted by molar-refractivity contribution is 6.31. The SMILES string of the molecule is C=C(/C=C\C(=C/C)C1c2[nH]c3ccc(Cl)cc3c2CCN1C(C)=O)OCCn1ccnc1. The Bertz CT molecular complexity index is 1190. The van der Waals surface area contributed by atoms with Crippen LogP contribution in [0.4, 0.5) is 0 Å². The summed E-state index contributed by atoms with van der Waals surface area (Å²) in [5, 5.41) is 1.83. The number of carbonyl (C=O) groups is 1. The lowest BCUT2D eigenvalue weighted by Crippen LogP contribution is -2.39. The Labute approximate surface area is 192 Å². The second-order valence-corrected chi connectivity index (χ2v) is 8.25. The summed E-state index contributed by atoms with van der Waals surface area (Å²) in [6, 6.07) is 5.66. The van der Waals surface area contributed by atoms with E-state index in [-0.39, 0.29) is 11.9 Å². The molecule has 1 aliphatic heterocycles. The van der Waals surface area contributed by atoms with Gasteiger partial charge in [0, 0.05) is 47.5 Å². The number of benzene rings is 1. The van der Waals surface area contributed by atoms with E-state index in [9.17, 15) is 4.79 Å². The van der Waals surface area contributed by atoms with Crippen LogP contribution in [-0.2, 0) is 22.5 Å². The molecule has 3 aromatic rings. The molecule has 0 saturated carbocycles. The Morgan fingerprint density at radius 1 is 1.41 bits per heavy atom. The molecule has 0 saturated heterocycles. The van der Waals surface area contributed by atoms with Gasteiger partial charge in [0.15, 0.2) is 0 Å². The summed E-state index contributed by atoms with van der Waals surface area (Å²) in [5.41, 5.74) is 4.28. The highest BCUT2D eigenvalue weighted by Gasteiger charge is 2.33. The normalized spacial score (nSPS) is 16.5. The summed E-state index contributed by atoms with van der Waals surface area (Å²) < 4.78 is 7.69. The van der Waals surface area contributed by atoms with Crippen molar-refractivity contribution < 1.29 is 9.53 Å². The maximum Gasteiger partial charge on any atom is 0.220 e. The second-order valence-electron chi connectivity index (χ2n) is 7.81. The summed E-state index contributed by atoms with van der Waals surface area (Å²) in [5.74, 6) is 0.610. The molecule has 0 bridgehead atoms. The van der Waals surface area contributed by atoms with Crippen LogP contribution in [0.5, 0.6) is 0 Å². The van der Waals surface area contributed by atoms with E-state index in [0.29, 0.717) is 30.5 Å². The van der Waals surface area contributed by atoms with E-state index in [1.807, 2.05) is 59.0 Å². The average molecular weight is 451 g/mol. The fourth-order valence-corrected chi connectivity index (χ4v) is 4.40. The van der Waals surface area contributed by atoms with Crippen molar-refractivity contribution in [3.8, 4) is 0 Å². The number of fused-ring (bicyclic) bond motifs is 3. The predicted octanol–water partition coefficient (Wildman–Crippen LogP) is 5.20. The highest BCUT2D eigenvalue weighted by atomic mass is 35.5. The Morgan fingerprint density at radius 2 is 2.25 bits per heavy atom. The van der Waals surface area contributed by atoms with Crippen molar-refractivity contribution in [2.45, 2.75) is 32.9 Å². The lowest BCUT2D eigenvalue weighted by Gasteiger charge is -2.36. The molecule has 1 atom stereocenters. The fourth-order valence-electron chi connectivity index (χ4n) is 4.23. The smallest absolute Gasteiger partial charge is 0.220 e. The van der Waals surface area contributed by atoms with Gasteiger partial charge in [-0.1, -0.05) is 30.3 Å². The summed E-state index contributed by atoms with van der Waals surface area (Å²) in [6.07, 6.45) is 12.0. The Balaban J connectivity index is 1.57. The topological polar surface area (TPSA) is 63.1 Å². The number of amides is 1. The standard InChI is InChI=1S/C25H27ClN4O2/c1-4-19(6-5-17(2)32-14-13-29-12-10-27-16-29)25-24-21(9-11-30(25)18(3)31)22-15-20(26)7-8-23(22)28-24/h4-8,10,12,15-16,25,28H,2,9,11,13-14H2,1,3H3/b6-5-,19-4+. The van der Waals surface area contributed by atoms with E-state index < -0.39 is 0 Å². The number of aromatic nitrogens is 3. The van der Waals surface area contributed by atoms with Gasteiger partial charge in [-0.2, -0.15) is 0 Å². The molecular formula is C25H27ClN4O2. The summed E-state index contributed by atoms with van der Waals surface area (Å²) in [4.78, 5) is 22.0. The first-order valence-corrected chi connectivity index (χ1v) is 11.0. The predicted molar refractivity (Wildman–Crippen MR) is 127 cm³/mol. The number of aromatic amines is 1. The Kier molecular flexibility index (Phi) is 6.51. The molecule has 1 aliphatic rings. The van der Waals surface area contributed by atoms with Crippen LogP contribution in [0.15, 0.2) is 73.1 Å². The molecule has 0 fully saturated rings. The molecule has 1 unspecified atom stereocenters. The first kappa shape index (κ1) is 22.0. The van der Waals surface area contributed by atoms with Crippen LogP contribution in [-0.4, -0.2) is 38.5 Å². The molecular weight excluding hydrogens is 424 g/mol. The van der Waals surface area contributed by atoms with Gasteiger partial charge >= 0.3 is 0 Å². The number of nitrogens with zero attached hydrogens (tertiary/aromatic N) is 3. The number of hydrogen-bond acceptors (Lipinski definition) is 3. The molecule has 4 rings (SSSR count). The second kappa shape index (κ2) is 9.49. The van der Waals surface area contributed by atoms with Crippen LogP contribution < -0.4 is 0 Å². The number of ether oxygens (including phenoxy) is 1. The van der Waals surface area contributed by atoms with Gasteiger partial charge in [-0.25, -0.2) is 4.98 Å². The van der Waals surface area contributed by atoms with E-state index in [4.69, 9.17) is 16.3 Å². The van der Waals surface area contributed by atoms with Crippen LogP contribution in [0, 0.1) is 0 Å². The van der Waals surface area contributed by atoms with Crippen molar-refractivity contribution in [3.63, 3.8) is 0 Å². The van der Waals surface area contributed by atoms with Gasteiger partial charge in [-0.05, 0) is 48.8 Å². The van der Waals surface area contributed by atoms with E-state index in [1.54, 1.807) is 19.4 Å². The lowest BCUT2D eigenvalue weighted by molar-refractivity contribution is -0.130. The Morgan fingerprint density at radius 3 is 2.97 bits per heavy atom. The molecule has 1 aromatic carbocycles. The van der Waals surface area contributed by atoms with Crippen molar-refractivity contribution in [2.75, 3.05) is 13.2 Å². The van der Waals surface area contributed by atoms with Crippen molar-refractivity contribution in [1.82, 2.24) is 19.4 Å². The summed E-state index contributed by atoms with van der Waals surface area (Å²) >= 11 is 6.25. The summed E-state index contributed by atoms with van der Waals surface area (Å²) in [6.45, 7) is 9.45. The van der Waals surface area contributed by atoms with E-state index >= 15 is 0 Å². The molecule has 2 aromatic heterocycles.